The van der Waals surface area contributed by atoms with E-state index in [1.807, 2.05) is 25.1 Å². The molecule has 0 spiro atoms. The fourth-order valence-electron chi connectivity index (χ4n) is 5.11. The molecule has 0 saturated carbocycles. The number of benzene rings is 1. The highest BCUT2D eigenvalue weighted by atomic mass is 35.5. The Hall–Kier alpha value is -2.63. The summed E-state index contributed by atoms with van der Waals surface area (Å²) in [6.45, 7) is 3.65. The van der Waals surface area contributed by atoms with Gasteiger partial charge in [-0.05, 0) is 38.0 Å². The van der Waals surface area contributed by atoms with E-state index < -0.39 is 41.8 Å². The fraction of sp³-hybridized carbons (Fsp3) is 0.556. The summed E-state index contributed by atoms with van der Waals surface area (Å²) in [6.07, 6.45) is 1.97. The zero-order valence-electron chi connectivity index (χ0n) is 22.2. The van der Waals surface area contributed by atoms with Gasteiger partial charge in [0, 0.05) is 27.0 Å². The summed E-state index contributed by atoms with van der Waals surface area (Å²) in [5, 5.41) is 25.0. The second-order valence-corrected chi connectivity index (χ2v) is 10.7. The number of aliphatic hydroxyl groups excluding tert-OH is 1. The molecule has 2 saturated heterocycles. The minimum atomic E-state index is -1.71. The third kappa shape index (κ3) is 5.69. The van der Waals surface area contributed by atoms with Gasteiger partial charge in [-0.2, -0.15) is 0 Å². The lowest BCUT2D eigenvalue weighted by molar-refractivity contribution is -0.135. The number of carbonyl (C=O) groups is 2. The number of epoxide rings is 1. The fourth-order valence-corrected chi connectivity index (χ4v) is 5.42. The van der Waals surface area contributed by atoms with Gasteiger partial charge in [0.25, 0.3) is 0 Å². The maximum absolute atomic E-state index is 13.2. The number of anilines is 1. The van der Waals surface area contributed by atoms with Gasteiger partial charge in [0.15, 0.2) is 5.72 Å². The van der Waals surface area contributed by atoms with Gasteiger partial charge in [-0.25, -0.2) is 4.79 Å². The molecule has 38 heavy (non-hydrogen) atoms. The van der Waals surface area contributed by atoms with Gasteiger partial charge in [-0.3, -0.25) is 10.1 Å². The van der Waals surface area contributed by atoms with E-state index in [9.17, 15) is 19.8 Å². The maximum Gasteiger partial charge on any atom is 0.409 e. The molecule has 3 aliphatic rings. The van der Waals surface area contributed by atoms with E-state index in [-0.39, 0.29) is 25.2 Å². The predicted octanol–water partition coefficient (Wildman–Crippen LogP) is 2.87. The lowest BCUT2D eigenvalue weighted by atomic mass is 9.90. The lowest BCUT2D eigenvalue weighted by Gasteiger charge is -2.40. The summed E-state index contributed by atoms with van der Waals surface area (Å²) in [4.78, 5) is 26.9. The van der Waals surface area contributed by atoms with E-state index in [1.54, 1.807) is 26.1 Å². The Bertz CT molecular complexity index is 1160. The van der Waals surface area contributed by atoms with Crippen LogP contribution in [0.25, 0.3) is 0 Å². The number of rotatable bonds is 2. The first-order chi connectivity index (χ1) is 17.9. The van der Waals surface area contributed by atoms with Crippen molar-refractivity contribution in [2.24, 2.45) is 0 Å². The number of methoxy groups -OCH3 is 2. The van der Waals surface area contributed by atoms with E-state index >= 15 is 0 Å². The molecular formula is C27H35ClN2O8. The van der Waals surface area contributed by atoms with Crippen LogP contribution in [-0.2, 0) is 25.4 Å². The highest BCUT2D eigenvalue weighted by Gasteiger charge is 2.59. The molecule has 3 heterocycles. The van der Waals surface area contributed by atoms with Crippen molar-refractivity contribution in [2.45, 2.75) is 75.3 Å². The first-order valence-electron chi connectivity index (χ1n) is 12.5. The molecule has 0 radical (unpaired) electrons. The van der Waals surface area contributed by atoms with Gasteiger partial charge in [-0.1, -0.05) is 35.4 Å². The number of amides is 2. The lowest BCUT2D eigenvalue weighted by Crippen LogP contribution is -2.62. The predicted molar refractivity (Wildman–Crippen MR) is 140 cm³/mol. The number of hydrogen-bond donors (Lipinski definition) is 3. The Balaban J connectivity index is 1.72. The molecular weight excluding hydrogens is 516 g/mol. The number of allylic oxidation sites excluding steroid dienone is 3. The normalized spacial score (nSPS) is 36.3. The number of halogens is 1. The Morgan fingerprint density at radius 1 is 1.26 bits per heavy atom. The van der Waals surface area contributed by atoms with Crippen LogP contribution in [-0.4, -0.2) is 79.2 Å². The number of alkyl carbamates (subject to hydrolysis) is 1. The summed E-state index contributed by atoms with van der Waals surface area (Å²) in [5.41, 5.74) is -0.428. The average Bonchev–Trinajstić information content (AvgIpc) is 3.51. The van der Waals surface area contributed by atoms with Crippen LogP contribution in [0.3, 0.4) is 0 Å². The highest BCUT2D eigenvalue weighted by Crippen LogP contribution is 2.45. The smallest absolute Gasteiger partial charge is 0.409 e. The van der Waals surface area contributed by atoms with Crippen LogP contribution in [0.15, 0.2) is 35.9 Å². The van der Waals surface area contributed by atoms with E-state index in [1.165, 1.54) is 19.1 Å². The maximum atomic E-state index is 13.2. The monoisotopic (exact) mass is 550 g/mol. The number of ether oxygens (including phenoxy) is 4. The molecule has 4 bridgehead atoms. The van der Waals surface area contributed by atoms with Crippen LogP contribution in [0, 0.1) is 0 Å². The molecule has 11 heteroatoms. The van der Waals surface area contributed by atoms with E-state index in [2.05, 4.69) is 5.32 Å². The van der Waals surface area contributed by atoms with E-state index in [0.717, 1.165) is 11.1 Å². The molecule has 1 aromatic carbocycles. The number of hydrogen-bond acceptors (Lipinski definition) is 8. The third-order valence-corrected chi connectivity index (χ3v) is 7.91. The van der Waals surface area contributed by atoms with E-state index in [0.29, 0.717) is 22.9 Å². The molecule has 0 aliphatic carbocycles. The Kier molecular flexibility index (Phi) is 8.11. The van der Waals surface area contributed by atoms with Crippen LogP contribution in [0.1, 0.15) is 38.7 Å². The first kappa shape index (κ1) is 28.4. The minimum Gasteiger partial charge on any atom is -0.495 e. The van der Waals surface area contributed by atoms with Crippen molar-refractivity contribution in [1.82, 2.24) is 5.32 Å². The average molecular weight is 551 g/mol. The van der Waals surface area contributed by atoms with Crippen LogP contribution < -0.4 is 15.0 Å². The van der Waals surface area contributed by atoms with Crippen molar-refractivity contribution >= 4 is 29.3 Å². The molecule has 4 unspecified atom stereocenters. The second-order valence-electron chi connectivity index (χ2n) is 10.3. The van der Waals surface area contributed by atoms with E-state index in [4.69, 9.17) is 30.5 Å². The van der Waals surface area contributed by atoms with Crippen molar-refractivity contribution in [3.8, 4) is 5.75 Å². The molecule has 6 atom stereocenters. The zero-order valence-corrected chi connectivity index (χ0v) is 22.9. The zero-order chi connectivity index (χ0) is 27.8. The van der Waals surface area contributed by atoms with Gasteiger partial charge in [-0.15, -0.1) is 0 Å². The molecule has 1 aromatic rings. The number of aliphatic hydroxyl groups is 2. The number of carbonyl (C=O) groups excluding carboxylic acids is 2. The van der Waals surface area contributed by atoms with Crippen LogP contribution in [0.2, 0.25) is 5.02 Å². The summed E-state index contributed by atoms with van der Waals surface area (Å²) in [5.74, 6) is 0.0728. The topological polar surface area (TPSA) is 130 Å². The number of fused-ring (bicyclic) bond motifs is 5. The first-order valence-corrected chi connectivity index (χ1v) is 12.8. The molecule has 4 rings (SSSR count). The van der Waals surface area contributed by atoms with Gasteiger partial charge >= 0.3 is 6.09 Å². The van der Waals surface area contributed by atoms with Crippen molar-refractivity contribution in [2.75, 3.05) is 26.2 Å². The van der Waals surface area contributed by atoms with Crippen LogP contribution >= 0.6 is 11.6 Å². The molecule has 0 aromatic heterocycles. The second kappa shape index (κ2) is 10.9. The minimum absolute atomic E-state index is 0.0438. The Morgan fingerprint density at radius 3 is 2.68 bits per heavy atom. The largest absolute Gasteiger partial charge is 0.495 e. The Labute approximate surface area is 227 Å². The standard InChI is InChI=1S/C27H35ClN2O8/c1-15-7-6-8-21(36-5)27(34)14-17(37-25(33)29-27)12-22-26(2,38-22)20(31)13-23(32)30(3)18-10-16(9-15)11-19(35-4)24(18)28/h6-8,10-11,17,20-22,31,34H,9,12-14H2,1-5H3,(H,29,33)/b8-6+,15-7+/t17-,20?,21?,22?,26?,27+/m1/s1. The molecule has 2 fully saturated rings. The molecule has 208 valence electrons. The van der Waals surface area contributed by atoms with Crippen molar-refractivity contribution in [3.05, 3.63) is 46.5 Å². The number of nitrogens with zero attached hydrogens (tertiary/aromatic N) is 1. The van der Waals surface area contributed by atoms with Gasteiger partial charge in [0.1, 0.15) is 28.6 Å². The summed E-state index contributed by atoms with van der Waals surface area (Å²) in [6, 6.07) is 3.63. The molecule has 10 nitrogen and oxygen atoms in total. The van der Waals surface area contributed by atoms with Crippen LogP contribution in [0.5, 0.6) is 5.75 Å². The summed E-state index contributed by atoms with van der Waals surface area (Å²) < 4.78 is 22.2. The Morgan fingerprint density at radius 2 is 2.00 bits per heavy atom. The van der Waals surface area contributed by atoms with Gasteiger partial charge in [0.05, 0.1) is 31.4 Å². The molecule has 2 amide bonds. The quantitative estimate of drug-likeness (QED) is 0.479. The molecule has 3 N–H and O–H groups in total. The van der Waals surface area contributed by atoms with Crippen molar-refractivity contribution in [3.63, 3.8) is 0 Å². The third-order valence-electron chi connectivity index (χ3n) is 7.53. The van der Waals surface area contributed by atoms with Crippen LogP contribution in [0.4, 0.5) is 10.5 Å². The highest BCUT2D eigenvalue weighted by molar-refractivity contribution is 6.35. The van der Waals surface area contributed by atoms with Crippen molar-refractivity contribution in [1.29, 1.82) is 0 Å². The molecule has 3 aliphatic heterocycles. The van der Waals surface area contributed by atoms with Gasteiger partial charge < -0.3 is 34.1 Å². The number of nitrogens with one attached hydrogen (secondary N) is 1. The van der Waals surface area contributed by atoms with Crippen molar-refractivity contribution < 1.29 is 38.7 Å². The summed E-state index contributed by atoms with van der Waals surface area (Å²) in [7, 11) is 4.55. The SMILES string of the molecule is COc1cc2cc(c1Cl)N(C)C(=O)CC(O)C1(C)OC1C[C@@H]1C[C@@](O)(NC(=O)O1)C(OC)/C=C/C=C(\C)C2. The summed E-state index contributed by atoms with van der Waals surface area (Å²) >= 11 is 6.56. The van der Waals surface area contributed by atoms with Gasteiger partial charge in [0.2, 0.25) is 5.91 Å².